The summed E-state index contributed by atoms with van der Waals surface area (Å²) in [4.78, 5) is 19.4. The number of hydrogen-bond acceptors (Lipinski definition) is 4. The summed E-state index contributed by atoms with van der Waals surface area (Å²) in [6, 6.07) is 3.80. The molecule has 1 aliphatic carbocycles. The van der Waals surface area contributed by atoms with Crippen molar-refractivity contribution in [1.29, 1.82) is 0 Å². The highest BCUT2D eigenvalue weighted by atomic mass is 32.2. The minimum absolute atomic E-state index is 0.0672. The fourth-order valence-corrected chi connectivity index (χ4v) is 4.92. The van der Waals surface area contributed by atoms with Gasteiger partial charge in [-0.1, -0.05) is 6.92 Å². The second-order valence-corrected chi connectivity index (χ2v) is 9.70. The number of hydrogen-bond donors (Lipinski definition) is 0. The van der Waals surface area contributed by atoms with Crippen LogP contribution in [0.4, 0.5) is 0 Å². The van der Waals surface area contributed by atoms with Gasteiger partial charge in [-0.15, -0.1) is 0 Å². The third kappa shape index (κ3) is 4.26. The Hall–Kier alpha value is -1.47. The molecule has 1 aliphatic heterocycles. The molecule has 1 saturated carbocycles. The van der Waals surface area contributed by atoms with Crippen molar-refractivity contribution in [1.82, 2.24) is 14.2 Å². The van der Waals surface area contributed by atoms with Gasteiger partial charge in [-0.3, -0.25) is 9.78 Å². The number of nitrogens with zero attached hydrogens (tertiary/aromatic N) is 3. The van der Waals surface area contributed by atoms with Crippen LogP contribution < -0.4 is 0 Å². The lowest BCUT2D eigenvalue weighted by atomic mass is 9.88. The van der Waals surface area contributed by atoms with Crippen molar-refractivity contribution < 1.29 is 13.2 Å². The smallest absolute Gasteiger partial charge is 0.227 e. The van der Waals surface area contributed by atoms with Gasteiger partial charge in [-0.05, 0) is 49.8 Å². The Balaban J connectivity index is 1.85. The van der Waals surface area contributed by atoms with Gasteiger partial charge in [0.25, 0.3) is 0 Å². The number of pyridine rings is 1. The van der Waals surface area contributed by atoms with Crippen molar-refractivity contribution in [2.24, 2.45) is 11.8 Å². The lowest BCUT2D eigenvalue weighted by Gasteiger charge is -2.28. The van der Waals surface area contributed by atoms with Crippen molar-refractivity contribution in [2.45, 2.75) is 39.0 Å². The van der Waals surface area contributed by atoms with E-state index < -0.39 is 10.0 Å². The summed E-state index contributed by atoms with van der Waals surface area (Å²) in [7, 11) is -3.31. The molecule has 7 heteroatoms. The molecular weight excluding hydrogens is 350 g/mol. The van der Waals surface area contributed by atoms with Gasteiger partial charge in [-0.25, -0.2) is 12.7 Å². The highest BCUT2D eigenvalue weighted by molar-refractivity contribution is 7.89. The number of carbonyl (C=O) groups is 1. The molecule has 0 N–H and O–H groups in total. The van der Waals surface area contributed by atoms with Crippen LogP contribution in [0.15, 0.2) is 24.5 Å². The third-order valence-corrected chi connectivity index (χ3v) is 7.29. The van der Waals surface area contributed by atoms with E-state index >= 15 is 0 Å². The number of rotatable bonds is 8. The Labute approximate surface area is 156 Å². The van der Waals surface area contributed by atoms with Crippen molar-refractivity contribution in [3.05, 3.63) is 30.1 Å². The SMILES string of the molecule is CCCN(CC1CC1)C(=O)[C@@H]1CN(S(=O)(=O)CC)C[C@H]1c1ccncc1. The molecule has 2 aliphatic rings. The van der Waals surface area contributed by atoms with Gasteiger partial charge in [-0.2, -0.15) is 0 Å². The second-order valence-electron chi connectivity index (χ2n) is 7.44. The van der Waals surface area contributed by atoms with E-state index in [1.54, 1.807) is 19.3 Å². The van der Waals surface area contributed by atoms with Crippen LogP contribution in [0.2, 0.25) is 0 Å². The maximum atomic E-state index is 13.3. The predicted octanol–water partition coefficient (Wildman–Crippen LogP) is 2.10. The van der Waals surface area contributed by atoms with Crippen LogP contribution in [0, 0.1) is 11.8 Å². The molecule has 0 radical (unpaired) electrons. The molecule has 1 amide bonds. The first-order valence-corrected chi connectivity index (χ1v) is 11.2. The average molecular weight is 380 g/mol. The molecule has 1 aromatic rings. The number of carbonyl (C=O) groups excluding carboxylic acids is 1. The van der Waals surface area contributed by atoms with Gasteiger partial charge < -0.3 is 4.90 Å². The summed E-state index contributed by atoms with van der Waals surface area (Å²) in [6.45, 7) is 5.95. The van der Waals surface area contributed by atoms with Gasteiger partial charge in [0.2, 0.25) is 15.9 Å². The molecule has 144 valence electrons. The van der Waals surface area contributed by atoms with Crippen LogP contribution in [0.3, 0.4) is 0 Å². The van der Waals surface area contributed by atoms with E-state index in [2.05, 4.69) is 11.9 Å². The molecule has 0 aromatic carbocycles. The quantitative estimate of drug-likeness (QED) is 0.693. The van der Waals surface area contributed by atoms with Crippen molar-refractivity contribution >= 4 is 15.9 Å². The van der Waals surface area contributed by atoms with E-state index in [-0.39, 0.29) is 30.0 Å². The standard InChI is InChI=1S/C19H29N3O3S/c1-3-11-21(12-15-5-6-15)19(23)18-14-22(26(24,25)4-2)13-17(18)16-7-9-20-10-8-16/h7-10,15,17-18H,3-6,11-14H2,1-2H3/t17-,18+/m0/s1. The molecule has 2 heterocycles. The Morgan fingerprint density at radius 1 is 1.23 bits per heavy atom. The maximum absolute atomic E-state index is 13.3. The fourth-order valence-electron chi connectivity index (χ4n) is 3.78. The van der Waals surface area contributed by atoms with Crippen molar-refractivity contribution in [3.8, 4) is 0 Å². The van der Waals surface area contributed by atoms with Gasteiger partial charge in [0.05, 0.1) is 11.7 Å². The normalized spacial score (nSPS) is 23.9. The Morgan fingerprint density at radius 3 is 2.50 bits per heavy atom. The summed E-state index contributed by atoms with van der Waals surface area (Å²) in [5, 5.41) is 0. The van der Waals surface area contributed by atoms with Crippen LogP contribution >= 0.6 is 0 Å². The fraction of sp³-hybridized carbons (Fsp3) is 0.684. The third-order valence-electron chi connectivity index (χ3n) is 5.48. The molecule has 2 atom stereocenters. The molecule has 0 unspecified atom stereocenters. The first-order chi connectivity index (χ1) is 12.5. The van der Waals surface area contributed by atoms with E-state index in [9.17, 15) is 13.2 Å². The van der Waals surface area contributed by atoms with E-state index in [0.717, 1.165) is 25.1 Å². The van der Waals surface area contributed by atoms with E-state index in [1.807, 2.05) is 17.0 Å². The van der Waals surface area contributed by atoms with Crippen LogP contribution in [-0.4, -0.2) is 60.4 Å². The molecular formula is C19H29N3O3S. The zero-order valence-electron chi connectivity index (χ0n) is 15.7. The molecule has 0 bridgehead atoms. The van der Waals surface area contributed by atoms with Gasteiger partial charge >= 0.3 is 0 Å². The summed E-state index contributed by atoms with van der Waals surface area (Å²) in [5.74, 6) is 0.378. The number of aromatic nitrogens is 1. The van der Waals surface area contributed by atoms with Crippen LogP contribution in [0.1, 0.15) is 44.6 Å². The van der Waals surface area contributed by atoms with Crippen LogP contribution in [-0.2, 0) is 14.8 Å². The molecule has 2 fully saturated rings. The molecule has 26 heavy (non-hydrogen) atoms. The van der Waals surface area contributed by atoms with E-state index in [0.29, 0.717) is 12.5 Å². The number of amides is 1. The largest absolute Gasteiger partial charge is 0.342 e. The molecule has 0 spiro atoms. The molecule has 1 aromatic heterocycles. The van der Waals surface area contributed by atoms with Crippen molar-refractivity contribution in [2.75, 3.05) is 31.9 Å². The minimum atomic E-state index is -3.31. The van der Waals surface area contributed by atoms with E-state index in [1.165, 1.54) is 17.1 Å². The van der Waals surface area contributed by atoms with Gasteiger partial charge in [0.15, 0.2) is 0 Å². The zero-order chi connectivity index (χ0) is 18.7. The van der Waals surface area contributed by atoms with Crippen LogP contribution in [0.25, 0.3) is 0 Å². The monoisotopic (exact) mass is 379 g/mol. The first-order valence-electron chi connectivity index (χ1n) is 9.62. The molecule has 6 nitrogen and oxygen atoms in total. The summed E-state index contributed by atoms with van der Waals surface area (Å²) < 4.78 is 26.3. The minimum Gasteiger partial charge on any atom is -0.342 e. The van der Waals surface area contributed by atoms with E-state index in [4.69, 9.17) is 0 Å². The first kappa shape index (κ1) is 19.3. The van der Waals surface area contributed by atoms with Gasteiger partial charge in [0, 0.05) is 44.5 Å². The lowest BCUT2D eigenvalue weighted by Crippen LogP contribution is -2.41. The highest BCUT2D eigenvalue weighted by Crippen LogP contribution is 2.37. The molecule has 1 saturated heterocycles. The summed E-state index contributed by atoms with van der Waals surface area (Å²) in [5.41, 5.74) is 0.995. The second kappa shape index (κ2) is 8.05. The topological polar surface area (TPSA) is 70.6 Å². The maximum Gasteiger partial charge on any atom is 0.227 e. The zero-order valence-corrected chi connectivity index (χ0v) is 16.5. The van der Waals surface area contributed by atoms with Crippen LogP contribution in [0.5, 0.6) is 0 Å². The highest BCUT2D eigenvalue weighted by Gasteiger charge is 2.44. The molecule has 3 rings (SSSR count). The predicted molar refractivity (Wildman–Crippen MR) is 101 cm³/mol. The Kier molecular flexibility index (Phi) is 5.97. The van der Waals surface area contributed by atoms with Gasteiger partial charge in [0.1, 0.15) is 0 Å². The summed E-state index contributed by atoms with van der Waals surface area (Å²) in [6.07, 6.45) is 6.73. The Morgan fingerprint density at radius 2 is 1.92 bits per heavy atom. The Bertz CT molecular complexity index is 719. The van der Waals surface area contributed by atoms with Crippen molar-refractivity contribution in [3.63, 3.8) is 0 Å². The number of sulfonamides is 1. The summed E-state index contributed by atoms with van der Waals surface area (Å²) >= 11 is 0. The lowest BCUT2D eigenvalue weighted by molar-refractivity contribution is -0.135. The average Bonchev–Trinajstić information content (AvgIpc) is 3.35.